The Labute approximate surface area is 241 Å². The van der Waals surface area contributed by atoms with E-state index in [9.17, 15) is 22.0 Å². The SMILES string of the molecule is CC(C)C1OC(C)(c2ccc([S+](c3ccccc3)c3ccc(OC(=O)C(F)(F)S(=O)(=O)O)cc3)cc2)OCC1(C)C. The van der Waals surface area contributed by atoms with Crippen molar-refractivity contribution in [2.45, 2.75) is 66.5 Å². The highest BCUT2D eigenvalue weighted by atomic mass is 32.2. The fraction of sp³-hybridized carbons (Fsp3) is 0.367. The van der Waals surface area contributed by atoms with Crippen LogP contribution in [0.3, 0.4) is 0 Å². The number of halogens is 2. The van der Waals surface area contributed by atoms with Crippen LogP contribution in [0.2, 0.25) is 0 Å². The summed E-state index contributed by atoms with van der Waals surface area (Å²) in [5.41, 5.74) is 0.747. The van der Waals surface area contributed by atoms with Crippen molar-refractivity contribution in [1.29, 1.82) is 0 Å². The molecule has 11 heteroatoms. The van der Waals surface area contributed by atoms with E-state index < -0.39 is 38.0 Å². The molecule has 1 aliphatic heterocycles. The zero-order valence-corrected chi connectivity index (χ0v) is 25.0. The van der Waals surface area contributed by atoms with Gasteiger partial charge in [0.15, 0.2) is 20.5 Å². The number of hydrogen-bond donors (Lipinski definition) is 1. The molecule has 1 saturated heterocycles. The van der Waals surface area contributed by atoms with Crippen LogP contribution in [-0.4, -0.2) is 36.9 Å². The van der Waals surface area contributed by atoms with E-state index in [0.29, 0.717) is 12.5 Å². The molecule has 41 heavy (non-hydrogen) atoms. The lowest BCUT2D eigenvalue weighted by molar-refractivity contribution is -0.337. The number of ether oxygens (including phenoxy) is 3. The number of hydrogen-bond acceptors (Lipinski definition) is 6. The monoisotopic (exact) mass is 607 g/mol. The third-order valence-electron chi connectivity index (χ3n) is 6.87. The first-order valence-electron chi connectivity index (χ1n) is 12.9. The normalized spacial score (nSPS) is 21.8. The zero-order chi connectivity index (χ0) is 30.2. The molecule has 3 aromatic carbocycles. The van der Waals surface area contributed by atoms with Gasteiger partial charge in [0.25, 0.3) is 0 Å². The van der Waals surface area contributed by atoms with Gasteiger partial charge < -0.3 is 14.2 Å². The maximum absolute atomic E-state index is 13.6. The molecule has 220 valence electrons. The van der Waals surface area contributed by atoms with E-state index in [2.05, 4.69) is 32.4 Å². The van der Waals surface area contributed by atoms with Gasteiger partial charge in [-0.3, -0.25) is 4.55 Å². The molecule has 0 spiro atoms. The van der Waals surface area contributed by atoms with Crippen molar-refractivity contribution >= 4 is 27.0 Å². The number of rotatable bonds is 8. The van der Waals surface area contributed by atoms with Gasteiger partial charge in [-0.15, -0.1) is 0 Å². The fourth-order valence-corrected chi connectivity index (χ4v) is 7.12. The van der Waals surface area contributed by atoms with E-state index in [-0.39, 0.29) is 17.3 Å². The first-order chi connectivity index (χ1) is 19.0. The van der Waals surface area contributed by atoms with Crippen molar-refractivity contribution in [2.24, 2.45) is 11.3 Å². The van der Waals surface area contributed by atoms with Crippen LogP contribution in [0.15, 0.2) is 93.5 Å². The molecule has 1 heterocycles. The minimum Gasteiger partial charge on any atom is -0.421 e. The summed E-state index contributed by atoms with van der Waals surface area (Å²) < 4.78 is 74.9. The lowest BCUT2D eigenvalue weighted by Crippen LogP contribution is -2.52. The van der Waals surface area contributed by atoms with Gasteiger partial charge in [0.2, 0.25) is 0 Å². The number of benzene rings is 3. The van der Waals surface area contributed by atoms with Crippen molar-refractivity contribution in [3.63, 3.8) is 0 Å². The Balaban J connectivity index is 1.62. The topological polar surface area (TPSA) is 99.1 Å². The standard InChI is InChI=1S/C30H32F2O7S2/c1-20(2)26-28(3,4)19-37-29(5,39-26)21-11-15-24(16-12-21)40(23-9-7-6-8-10-23)25-17-13-22(14-18-25)38-27(33)30(31,32)41(34,35)36/h6-18,20,26H,19H2,1-5H3/p+1. The molecule has 0 radical (unpaired) electrons. The van der Waals surface area contributed by atoms with Crippen LogP contribution in [0.4, 0.5) is 8.78 Å². The summed E-state index contributed by atoms with van der Waals surface area (Å²) in [5, 5.41) is -5.09. The van der Waals surface area contributed by atoms with Crippen molar-refractivity contribution in [2.75, 3.05) is 6.61 Å². The van der Waals surface area contributed by atoms with E-state index in [1.165, 1.54) is 12.1 Å². The summed E-state index contributed by atoms with van der Waals surface area (Å²) in [6, 6.07) is 23.4. The van der Waals surface area contributed by atoms with Gasteiger partial charge in [0.05, 0.1) is 23.6 Å². The average molecular weight is 608 g/mol. The second kappa shape index (κ2) is 11.4. The van der Waals surface area contributed by atoms with E-state index in [0.717, 1.165) is 20.2 Å². The quantitative estimate of drug-likeness (QED) is 0.136. The molecule has 1 fully saturated rings. The van der Waals surface area contributed by atoms with Crippen LogP contribution < -0.4 is 4.74 Å². The summed E-state index contributed by atoms with van der Waals surface area (Å²) >= 11 is 0. The number of esters is 1. The average Bonchev–Trinajstić information content (AvgIpc) is 2.91. The van der Waals surface area contributed by atoms with Gasteiger partial charge >= 0.3 is 21.3 Å². The summed E-state index contributed by atoms with van der Waals surface area (Å²) in [4.78, 5) is 14.4. The molecule has 0 aliphatic carbocycles. The maximum Gasteiger partial charge on any atom is 0.466 e. The smallest absolute Gasteiger partial charge is 0.421 e. The Morgan fingerprint density at radius 2 is 1.46 bits per heavy atom. The van der Waals surface area contributed by atoms with Crippen LogP contribution in [0.5, 0.6) is 5.75 Å². The minimum atomic E-state index is -5.97. The van der Waals surface area contributed by atoms with Crippen LogP contribution in [0.1, 0.15) is 40.2 Å². The van der Waals surface area contributed by atoms with Crippen molar-refractivity contribution in [3.8, 4) is 5.75 Å². The van der Waals surface area contributed by atoms with Crippen molar-refractivity contribution < 1.29 is 40.8 Å². The molecule has 0 amide bonds. The number of carbonyl (C=O) groups excluding carboxylic acids is 1. The molecule has 3 atom stereocenters. The molecule has 1 N–H and O–H groups in total. The van der Waals surface area contributed by atoms with Crippen LogP contribution >= 0.6 is 0 Å². The summed E-state index contributed by atoms with van der Waals surface area (Å²) in [7, 11) is -6.60. The molecule has 4 rings (SSSR count). The fourth-order valence-electron chi connectivity index (χ4n) is 4.81. The molecule has 0 aromatic heterocycles. The van der Waals surface area contributed by atoms with E-state index >= 15 is 0 Å². The molecular formula is C30H33F2O7S2+. The highest BCUT2D eigenvalue weighted by Gasteiger charge is 2.54. The Bertz CT molecular complexity index is 1480. The van der Waals surface area contributed by atoms with Crippen molar-refractivity contribution in [1.82, 2.24) is 0 Å². The summed E-state index contributed by atoms with van der Waals surface area (Å²) in [6.07, 6.45) is 0.00456. The van der Waals surface area contributed by atoms with Crippen LogP contribution in [-0.2, 0) is 41.1 Å². The van der Waals surface area contributed by atoms with E-state index in [4.69, 9.17) is 14.0 Å². The molecule has 3 aromatic rings. The third-order valence-corrected chi connectivity index (χ3v) is 9.92. The van der Waals surface area contributed by atoms with E-state index in [1.807, 2.05) is 61.5 Å². The van der Waals surface area contributed by atoms with Crippen molar-refractivity contribution in [3.05, 3.63) is 84.4 Å². The molecule has 3 unspecified atom stereocenters. The van der Waals surface area contributed by atoms with Gasteiger partial charge in [0.1, 0.15) is 5.75 Å². The Hall–Kier alpha value is -2.83. The van der Waals surface area contributed by atoms with E-state index in [1.54, 1.807) is 12.1 Å². The number of carbonyl (C=O) groups is 1. The molecule has 7 nitrogen and oxygen atoms in total. The predicted octanol–water partition coefficient (Wildman–Crippen LogP) is 6.44. The first-order valence-corrected chi connectivity index (χ1v) is 15.6. The largest absolute Gasteiger partial charge is 0.466 e. The lowest BCUT2D eigenvalue weighted by Gasteiger charge is -2.49. The Morgan fingerprint density at radius 1 is 0.951 bits per heavy atom. The maximum atomic E-state index is 13.6. The molecule has 1 aliphatic rings. The predicted molar refractivity (Wildman–Crippen MR) is 150 cm³/mol. The Kier molecular flexibility index (Phi) is 8.69. The zero-order valence-electron chi connectivity index (χ0n) is 23.3. The molecule has 0 bridgehead atoms. The van der Waals surface area contributed by atoms with Gasteiger partial charge in [-0.05, 0) is 73.5 Å². The van der Waals surface area contributed by atoms with Gasteiger partial charge in [-0.25, -0.2) is 4.79 Å². The molecular weight excluding hydrogens is 574 g/mol. The van der Waals surface area contributed by atoms with Gasteiger partial charge in [0, 0.05) is 11.0 Å². The summed E-state index contributed by atoms with van der Waals surface area (Å²) in [6.45, 7) is 11.0. The first kappa shape index (κ1) is 31.1. The second-order valence-corrected chi connectivity index (χ2v) is 14.5. The highest BCUT2D eigenvalue weighted by molar-refractivity contribution is 7.97. The third kappa shape index (κ3) is 6.49. The minimum absolute atomic E-state index is 0.00456. The summed E-state index contributed by atoms with van der Waals surface area (Å²) in [5.74, 6) is -3.30. The van der Waals surface area contributed by atoms with Gasteiger partial charge in [-0.1, -0.05) is 45.9 Å². The van der Waals surface area contributed by atoms with Gasteiger partial charge in [-0.2, -0.15) is 17.2 Å². The second-order valence-electron chi connectivity index (χ2n) is 11.0. The van der Waals surface area contributed by atoms with Crippen LogP contribution in [0.25, 0.3) is 0 Å². The highest BCUT2D eigenvalue weighted by Crippen LogP contribution is 2.43. The number of alkyl halides is 2. The molecule has 0 saturated carbocycles. The Morgan fingerprint density at radius 3 is 1.98 bits per heavy atom. The lowest BCUT2D eigenvalue weighted by atomic mass is 9.80. The van der Waals surface area contributed by atoms with Crippen LogP contribution in [0, 0.1) is 11.3 Å².